The molecule has 0 saturated heterocycles. The Kier molecular flexibility index (Phi) is 8.46. The zero-order chi connectivity index (χ0) is 23.8. The summed E-state index contributed by atoms with van der Waals surface area (Å²) in [5, 5.41) is 3.82. The average molecular weight is 488 g/mol. The van der Waals surface area contributed by atoms with Crippen LogP contribution in [0, 0.1) is 0 Å². The van der Waals surface area contributed by atoms with Crippen molar-refractivity contribution < 1.29 is 23.7 Å². The van der Waals surface area contributed by atoms with E-state index < -0.39 is 0 Å². The number of hydrogen-bond donors (Lipinski definition) is 1. The zero-order valence-electron chi connectivity index (χ0n) is 18.4. The summed E-state index contributed by atoms with van der Waals surface area (Å²) in [6, 6.07) is 16.0. The highest BCUT2D eigenvalue weighted by Gasteiger charge is 2.12. The molecule has 0 saturated carbocycles. The third-order valence-corrected chi connectivity index (χ3v) is 5.20. The lowest BCUT2D eigenvalue weighted by Crippen LogP contribution is -2.09. The summed E-state index contributed by atoms with van der Waals surface area (Å²) in [5.41, 5.74) is 2.19. The van der Waals surface area contributed by atoms with E-state index in [1.165, 1.54) is 20.3 Å². The van der Waals surface area contributed by atoms with Crippen LogP contribution in [-0.2, 0) is 11.4 Å². The van der Waals surface area contributed by atoms with E-state index in [0.29, 0.717) is 45.3 Å². The molecule has 3 aromatic rings. The summed E-state index contributed by atoms with van der Waals surface area (Å²) in [5.74, 6) is 1.64. The van der Waals surface area contributed by atoms with Crippen LogP contribution < -0.4 is 24.3 Å². The maximum absolute atomic E-state index is 12.5. The lowest BCUT2D eigenvalue weighted by molar-refractivity contribution is -0.111. The molecule has 0 aromatic heterocycles. The molecular formula is C25H23Cl2NO5. The molecule has 8 heteroatoms. The molecule has 0 bridgehead atoms. The third kappa shape index (κ3) is 6.57. The molecular weight excluding hydrogens is 465 g/mol. The van der Waals surface area contributed by atoms with E-state index >= 15 is 0 Å². The first-order chi connectivity index (χ1) is 15.9. The van der Waals surface area contributed by atoms with Gasteiger partial charge in [0.25, 0.3) is 0 Å². The Hall–Kier alpha value is -3.35. The molecule has 33 heavy (non-hydrogen) atoms. The number of ether oxygens (including phenoxy) is 4. The van der Waals surface area contributed by atoms with Crippen molar-refractivity contribution in [2.45, 2.75) is 6.61 Å². The summed E-state index contributed by atoms with van der Waals surface area (Å²) in [4.78, 5) is 12.5. The number of methoxy groups -OCH3 is 3. The standard InChI is InChI=1S/C25H23Cl2NO5/c1-30-22-14-20(23(31-2)13-19(22)27)28-25(29)11-7-16-6-10-21(24(12-16)32-3)33-15-17-4-8-18(26)9-5-17/h4-14H,15H2,1-3H3,(H,28,29)/b11-7+. The molecule has 1 N–H and O–H groups in total. The maximum atomic E-state index is 12.5. The van der Waals surface area contributed by atoms with Gasteiger partial charge in [0.1, 0.15) is 18.1 Å². The molecule has 172 valence electrons. The van der Waals surface area contributed by atoms with Gasteiger partial charge in [-0.3, -0.25) is 4.79 Å². The molecule has 3 rings (SSSR count). The monoisotopic (exact) mass is 487 g/mol. The van der Waals surface area contributed by atoms with E-state index in [-0.39, 0.29) is 5.91 Å². The Morgan fingerprint density at radius 1 is 0.848 bits per heavy atom. The van der Waals surface area contributed by atoms with Crippen molar-refractivity contribution in [2.75, 3.05) is 26.6 Å². The Bertz CT molecular complexity index is 1150. The van der Waals surface area contributed by atoms with Crippen molar-refractivity contribution in [1.82, 2.24) is 0 Å². The molecule has 3 aromatic carbocycles. The third-order valence-electron chi connectivity index (χ3n) is 4.65. The van der Waals surface area contributed by atoms with Crippen LogP contribution in [-0.4, -0.2) is 27.2 Å². The first-order valence-corrected chi connectivity index (χ1v) is 10.6. The van der Waals surface area contributed by atoms with Gasteiger partial charge in [-0.15, -0.1) is 0 Å². The highest BCUT2D eigenvalue weighted by atomic mass is 35.5. The van der Waals surface area contributed by atoms with Gasteiger partial charge < -0.3 is 24.3 Å². The zero-order valence-corrected chi connectivity index (χ0v) is 19.9. The number of nitrogens with one attached hydrogen (secondary N) is 1. The van der Waals surface area contributed by atoms with Crippen LogP contribution in [0.4, 0.5) is 5.69 Å². The SMILES string of the molecule is COc1cc(NC(=O)/C=C/c2ccc(OCc3ccc(Cl)cc3)c(OC)c2)c(OC)cc1Cl. The minimum absolute atomic E-state index is 0.347. The van der Waals surface area contributed by atoms with Crippen molar-refractivity contribution >= 4 is 40.9 Å². The molecule has 0 fully saturated rings. The summed E-state index contributed by atoms with van der Waals surface area (Å²) < 4.78 is 21.8. The summed E-state index contributed by atoms with van der Waals surface area (Å²) in [6.45, 7) is 0.373. The fraction of sp³-hybridized carbons (Fsp3) is 0.160. The molecule has 0 radical (unpaired) electrons. The highest BCUT2D eigenvalue weighted by Crippen LogP contribution is 2.36. The fourth-order valence-electron chi connectivity index (χ4n) is 2.95. The van der Waals surface area contributed by atoms with Crippen molar-refractivity contribution in [3.05, 3.63) is 81.8 Å². The number of rotatable bonds is 9. The number of hydrogen-bond acceptors (Lipinski definition) is 5. The van der Waals surface area contributed by atoms with Crippen LogP contribution in [0.25, 0.3) is 6.08 Å². The van der Waals surface area contributed by atoms with Crippen molar-refractivity contribution in [3.8, 4) is 23.0 Å². The van der Waals surface area contributed by atoms with Gasteiger partial charge in [0, 0.05) is 23.2 Å². The Balaban J connectivity index is 1.68. The van der Waals surface area contributed by atoms with Gasteiger partial charge in [-0.1, -0.05) is 41.4 Å². The Labute approximate surface area is 202 Å². The predicted octanol–water partition coefficient (Wildman–Crippen LogP) is 6.25. The maximum Gasteiger partial charge on any atom is 0.248 e. The second kappa shape index (κ2) is 11.5. The first-order valence-electron chi connectivity index (χ1n) is 9.89. The van der Waals surface area contributed by atoms with E-state index in [9.17, 15) is 4.79 Å². The van der Waals surface area contributed by atoms with Gasteiger partial charge in [0.2, 0.25) is 5.91 Å². The molecule has 0 atom stereocenters. The van der Waals surface area contributed by atoms with Crippen LogP contribution in [0.15, 0.2) is 60.7 Å². The van der Waals surface area contributed by atoms with E-state index in [4.69, 9.17) is 42.1 Å². The highest BCUT2D eigenvalue weighted by molar-refractivity contribution is 6.32. The molecule has 0 aliphatic heterocycles. The van der Waals surface area contributed by atoms with Crippen LogP contribution in [0.1, 0.15) is 11.1 Å². The van der Waals surface area contributed by atoms with Crippen LogP contribution >= 0.6 is 23.2 Å². The lowest BCUT2D eigenvalue weighted by atomic mass is 10.2. The van der Waals surface area contributed by atoms with E-state index in [2.05, 4.69) is 5.32 Å². The van der Waals surface area contributed by atoms with Gasteiger partial charge in [-0.25, -0.2) is 0 Å². The smallest absolute Gasteiger partial charge is 0.248 e. The first kappa shape index (κ1) is 24.3. The Morgan fingerprint density at radius 3 is 2.21 bits per heavy atom. The number of carbonyl (C=O) groups is 1. The number of anilines is 1. The van der Waals surface area contributed by atoms with Gasteiger partial charge in [0.05, 0.1) is 32.0 Å². The molecule has 0 aliphatic rings. The van der Waals surface area contributed by atoms with Crippen LogP contribution in [0.5, 0.6) is 23.0 Å². The summed E-state index contributed by atoms with van der Waals surface area (Å²) in [6.07, 6.45) is 3.07. The number of halogens is 2. The topological polar surface area (TPSA) is 66.0 Å². The fourth-order valence-corrected chi connectivity index (χ4v) is 3.31. The van der Waals surface area contributed by atoms with Gasteiger partial charge in [0.15, 0.2) is 11.5 Å². The van der Waals surface area contributed by atoms with Gasteiger partial charge in [-0.2, -0.15) is 0 Å². The largest absolute Gasteiger partial charge is 0.495 e. The minimum Gasteiger partial charge on any atom is -0.495 e. The summed E-state index contributed by atoms with van der Waals surface area (Å²) >= 11 is 12.0. The van der Waals surface area contributed by atoms with Crippen molar-refractivity contribution in [2.24, 2.45) is 0 Å². The van der Waals surface area contributed by atoms with Gasteiger partial charge >= 0.3 is 0 Å². The minimum atomic E-state index is -0.347. The number of benzene rings is 3. The average Bonchev–Trinajstić information content (AvgIpc) is 2.83. The van der Waals surface area contributed by atoms with Crippen LogP contribution in [0.3, 0.4) is 0 Å². The Morgan fingerprint density at radius 2 is 1.55 bits per heavy atom. The molecule has 1 amide bonds. The predicted molar refractivity (Wildman–Crippen MR) is 131 cm³/mol. The summed E-state index contributed by atoms with van der Waals surface area (Å²) in [7, 11) is 4.55. The quantitative estimate of drug-likeness (QED) is 0.361. The van der Waals surface area contributed by atoms with Crippen LogP contribution in [0.2, 0.25) is 10.0 Å². The van der Waals surface area contributed by atoms with Gasteiger partial charge in [-0.05, 0) is 41.5 Å². The van der Waals surface area contributed by atoms with E-state index in [1.54, 1.807) is 37.5 Å². The number of carbonyl (C=O) groups excluding carboxylic acids is 1. The molecule has 0 heterocycles. The lowest BCUT2D eigenvalue weighted by Gasteiger charge is -2.12. The second-order valence-corrected chi connectivity index (χ2v) is 7.68. The van der Waals surface area contributed by atoms with E-state index in [1.807, 2.05) is 30.3 Å². The normalized spacial score (nSPS) is 10.7. The molecule has 0 aliphatic carbocycles. The number of amides is 1. The van der Waals surface area contributed by atoms with E-state index in [0.717, 1.165) is 11.1 Å². The second-order valence-electron chi connectivity index (χ2n) is 6.84. The van der Waals surface area contributed by atoms with Crippen molar-refractivity contribution in [3.63, 3.8) is 0 Å². The molecule has 6 nitrogen and oxygen atoms in total. The molecule has 0 spiro atoms. The van der Waals surface area contributed by atoms with Crippen molar-refractivity contribution in [1.29, 1.82) is 0 Å². The molecule has 0 unspecified atom stereocenters.